The van der Waals surface area contributed by atoms with Crippen molar-refractivity contribution in [3.63, 3.8) is 0 Å². The van der Waals surface area contributed by atoms with E-state index >= 15 is 0 Å². The van der Waals surface area contributed by atoms with Gasteiger partial charge in [0.1, 0.15) is 5.75 Å². The molecule has 1 aromatic rings. The highest BCUT2D eigenvalue weighted by molar-refractivity contribution is 7.91. The number of nitrogens with zero attached hydrogens (tertiary/aromatic N) is 1. The summed E-state index contributed by atoms with van der Waals surface area (Å²) >= 11 is 0. The zero-order valence-corrected chi connectivity index (χ0v) is 15.8. The van der Waals surface area contributed by atoms with Gasteiger partial charge < -0.3 is 9.47 Å². The number of sulfone groups is 1. The van der Waals surface area contributed by atoms with Crippen molar-refractivity contribution < 1.29 is 22.7 Å². The van der Waals surface area contributed by atoms with Crippen LogP contribution in [-0.4, -0.2) is 57.1 Å². The van der Waals surface area contributed by atoms with E-state index < -0.39 is 9.84 Å². The number of esters is 1. The SMILES string of the molecule is CCOC(=O)CCCN(Cc1ccc(OC)cc1)C1CCS(=O)(=O)C1. The van der Waals surface area contributed by atoms with Crippen LogP contribution in [0.5, 0.6) is 5.75 Å². The van der Waals surface area contributed by atoms with Gasteiger partial charge in [0.25, 0.3) is 0 Å². The van der Waals surface area contributed by atoms with Crippen molar-refractivity contribution >= 4 is 15.8 Å². The molecule has 140 valence electrons. The summed E-state index contributed by atoms with van der Waals surface area (Å²) in [5, 5.41) is 0. The highest BCUT2D eigenvalue weighted by Crippen LogP contribution is 2.21. The third kappa shape index (κ3) is 6.32. The van der Waals surface area contributed by atoms with Crippen LogP contribution in [0.1, 0.15) is 31.7 Å². The van der Waals surface area contributed by atoms with Crippen molar-refractivity contribution in [1.82, 2.24) is 4.90 Å². The molecule has 7 heteroatoms. The lowest BCUT2D eigenvalue weighted by molar-refractivity contribution is -0.143. The van der Waals surface area contributed by atoms with Crippen molar-refractivity contribution in [1.29, 1.82) is 0 Å². The minimum Gasteiger partial charge on any atom is -0.497 e. The molecule has 1 aliphatic heterocycles. The first-order valence-electron chi connectivity index (χ1n) is 8.66. The van der Waals surface area contributed by atoms with Gasteiger partial charge in [-0.05, 0) is 44.0 Å². The Hall–Kier alpha value is -1.60. The molecule has 1 atom stereocenters. The number of hydrogen-bond acceptors (Lipinski definition) is 6. The number of methoxy groups -OCH3 is 1. The van der Waals surface area contributed by atoms with Gasteiger partial charge in [-0.15, -0.1) is 0 Å². The zero-order valence-electron chi connectivity index (χ0n) is 14.9. The zero-order chi connectivity index (χ0) is 18.3. The van der Waals surface area contributed by atoms with E-state index in [1.165, 1.54) is 0 Å². The Morgan fingerprint density at radius 1 is 1.28 bits per heavy atom. The number of benzene rings is 1. The molecule has 0 amide bonds. The molecule has 25 heavy (non-hydrogen) atoms. The van der Waals surface area contributed by atoms with Gasteiger partial charge in [-0.2, -0.15) is 0 Å². The molecule has 0 bridgehead atoms. The molecule has 1 heterocycles. The topological polar surface area (TPSA) is 72.9 Å². The van der Waals surface area contributed by atoms with Crippen molar-refractivity contribution in [2.45, 2.75) is 38.8 Å². The van der Waals surface area contributed by atoms with Crippen molar-refractivity contribution in [3.8, 4) is 5.75 Å². The molecule has 2 rings (SSSR count). The smallest absolute Gasteiger partial charge is 0.305 e. The molecular weight excluding hydrogens is 342 g/mol. The van der Waals surface area contributed by atoms with E-state index in [1.54, 1.807) is 14.0 Å². The Balaban J connectivity index is 1.99. The minimum absolute atomic E-state index is 0.00861. The molecule has 1 saturated heterocycles. The monoisotopic (exact) mass is 369 g/mol. The average molecular weight is 369 g/mol. The van der Waals surface area contributed by atoms with E-state index in [2.05, 4.69) is 4.90 Å². The Labute approximate surface area is 150 Å². The molecule has 6 nitrogen and oxygen atoms in total. The third-order valence-corrected chi connectivity index (χ3v) is 6.15. The van der Waals surface area contributed by atoms with Gasteiger partial charge in [-0.25, -0.2) is 8.42 Å². The van der Waals surface area contributed by atoms with Crippen LogP contribution in [0.25, 0.3) is 0 Å². The van der Waals surface area contributed by atoms with E-state index in [0.717, 1.165) is 11.3 Å². The Morgan fingerprint density at radius 3 is 2.56 bits per heavy atom. The predicted octanol–water partition coefficient (Wildman–Crippen LogP) is 2.03. The van der Waals surface area contributed by atoms with Crippen LogP contribution in [-0.2, 0) is 25.9 Å². The van der Waals surface area contributed by atoms with E-state index in [4.69, 9.17) is 9.47 Å². The summed E-state index contributed by atoms with van der Waals surface area (Å²) in [5.41, 5.74) is 1.10. The minimum atomic E-state index is -2.95. The summed E-state index contributed by atoms with van der Waals surface area (Å²) in [6.07, 6.45) is 1.66. The fourth-order valence-electron chi connectivity index (χ4n) is 3.08. The lowest BCUT2D eigenvalue weighted by atomic mass is 10.1. The van der Waals surface area contributed by atoms with E-state index in [0.29, 0.717) is 39.0 Å². The first kappa shape index (κ1) is 19.7. The summed E-state index contributed by atoms with van der Waals surface area (Å²) in [4.78, 5) is 13.7. The molecule has 0 aliphatic carbocycles. The summed E-state index contributed by atoms with van der Waals surface area (Å²) < 4.78 is 33.8. The summed E-state index contributed by atoms with van der Waals surface area (Å²) in [6.45, 7) is 3.50. The van der Waals surface area contributed by atoms with Crippen LogP contribution in [0, 0.1) is 0 Å². The number of ether oxygens (including phenoxy) is 2. The fraction of sp³-hybridized carbons (Fsp3) is 0.611. The van der Waals surface area contributed by atoms with Crippen LogP contribution in [0.2, 0.25) is 0 Å². The van der Waals surface area contributed by atoms with Crippen LogP contribution >= 0.6 is 0 Å². The maximum Gasteiger partial charge on any atom is 0.305 e. The second kappa shape index (κ2) is 9.20. The summed E-state index contributed by atoms with van der Waals surface area (Å²) in [7, 11) is -1.32. The number of hydrogen-bond donors (Lipinski definition) is 0. The Kier molecular flexibility index (Phi) is 7.25. The highest BCUT2D eigenvalue weighted by Gasteiger charge is 2.32. The van der Waals surface area contributed by atoms with E-state index in [9.17, 15) is 13.2 Å². The third-order valence-electron chi connectivity index (χ3n) is 4.40. The first-order chi connectivity index (χ1) is 11.9. The average Bonchev–Trinajstić information content (AvgIpc) is 2.95. The standard InChI is InChI=1S/C18H27NO5S/c1-3-24-18(20)5-4-11-19(16-10-12-25(21,22)14-16)13-15-6-8-17(23-2)9-7-15/h6-9,16H,3-5,10-14H2,1-2H3. The van der Waals surface area contributed by atoms with Crippen LogP contribution in [0.15, 0.2) is 24.3 Å². The van der Waals surface area contributed by atoms with Gasteiger partial charge in [-0.1, -0.05) is 12.1 Å². The lowest BCUT2D eigenvalue weighted by Gasteiger charge is -2.28. The van der Waals surface area contributed by atoms with Gasteiger partial charge in [0.2, 0.25) is 0 Å². The molecule has 0 N–H and O–H groups in total. The van der Waals surface area contributed by atoms with Gasteiger partial charge in [0.05, 0.1) is 25.2 Å². The molecular formula is C18H27NO5S. The number of rotatable bonds is 9. The highest BCUT2D eigenvalue weighted by atomic mass is 32.2. The van der Waals surface area contributed by atoms with Gasteiger partial charge in [0.15, 0.2) is 9.84 Å². The fourth-order valence-corrected chi connectivity index (χ4v) is 4.84. The second-order valence-corrected chi connectivity index (χ2v) is 8.51. The van der Waals surface area contributed by atoms with Crippen molar-refractivity contribution in [2.24, 2.45) is 0 Å². The molecule has 0 radical (unpaired) electrons. The molecule has 1 aromatic carbocycles. The van der Waals surface area contributed by atoms with E-state index in [1.807, 2.05) is 24.3 Å². The molecule has 1 aliphatic rings. The summed E-state index contributed by atoms with van der Waals surface area (Å²) in [6, 6.07) is 7.78. The summed E-state index contributed by atoms with van der Waals surface area (Å²) in [5.74, 6) is 1.03. The Bertz CT molecular complexity index is 657. The largest absolute Gasteiger partial charge is 0.497 e. The van der Waals surface area contributed by atoms with Crippen molar-refractivity contribution in [2.75, 3.05) is 31.8 Å². The van der Waals surface area contributed by atoms with Crippen LogP contribution < -0.4 is 4.74 Å². The predicted molar refractivity (Wildman–Crippen MR) is 96.3 cm³/mol. The molecule has 1 fully saturated rings. The number of carbonyl (C=O) groups excluding carboxylic acids is 1. The Morgan fingerprint density at radius 2 is 2.00 bits per heavy atom. The van der Waals surface area contributed by atoms with Gasteiger partial charge >= 0.3 is 5.97 Å². The molecule has 0 spiro atoms. The quantitative estimate of drug-likeness (QED) is 0.620. The van der Waals surface area contributed by atoms with Crippen LogP contribution in [0.4, 0.5) is 0 Å². The maximum atomic E-state index is 11.8. The lowest BCUT2D eigenvalue weighted by Crippen LogP contribution is -2.36. The second-order valence-electron chi connectivity index (χ2n) is 6.28. The van der Waals surface area contributed by atoms with Gasteiger partial charge in [0, 0.05) is 19.0 Å². The normalized spacial score (nSPS) is 19.1. The van der Waals surface area contributed by atoms with Gasteiger partial charge in [-0.3, -0.25) is 9.69 Å². The maximum absolute atomic E-state index is 11.8. The van der Waals surface area contributed by atoms with E-state index in [-0.39, 0.29) is 23.5 Å². The van der Waals surface area contributed by atoms with Crippen molar-refractivity contribution in [3.05, 3.63) is 29.8 Å². The first-order valence-corrected chi connectivity index (χ1v) is 10.5. The molecule has 0 aromatic heterocycles. The molecule has 0 saturated carbocycles. The van der Waals surface area contributed by atoms with Crippen LogP contribution in [0.3, 0.4) is 0 Å². The number of carbonyl (C=O) groups is 1. The molecule has 1 unspecified atom stereocenters.